The molecule has 15 nitrogen and oxygen atoms in total. The van der Waals surface area contributed by atoms with E-state index in [2.05, 4.69) is 44.9 Å². The molecule has 4 amide bonds. The number of halogens is 4. The van der Waals surface area contributed by atoms with Gasteiger partial charge in [0.15, 0.2) is 11.6 Å². The number of carbonyl (C=O) groups excluding carboxylic acids is 5. The summed E-state index contributed by atoms with van der Waals surface area (Å²) in [7, 11) is 0. The Kier molecular flexibility index (Phi) is 12.8. The molecule has 2 atom stereocenters. The Balaban J connectivity index is 0.859. The standard InChI is InChI=1S/C43H37Cl4N9O6S/c1-20-21(2)63-43-36(20)37(23-6-8-24(44)9-7-23)49-32(40-54-51-22(3)56(40)43)17-35(59)48-14-4-5-25(57)19-62-26-15-30(46)39(31(47)16-26)53-52-38-28-18-55(33-12-13-34(58)50-41(33)60)42(61)27(28)10-11-29(38)45/h6-11,15-16,32-33H,4-5,12-14,17-19H2,1-3H3,(H,48,59)(H,50,58,60). The minimum Gasteiger partial charge on any atom is -0.486 e. The van der Waals surface area contributed by atoms with E-state index >= 15 is 0 Å². The average Bonchev–Trinajstić information content (AvgIpc) is 3.85. The number of benzene rings is 3. The molecule has 2 unspecified atom stereocenters. The summed E-state index contributed by atoms with van der Waals surface area (Å²) in [5.74, 6) is -0.302. The van der Waals surface area contributed by atoms with Crippen LogP contribution >= 0.6 is 57.7 Å². The van der Waals surface area contributed by atoms with Gasteiger partial charge in [-0.2, -0.15) is 0 Å². The molecule has 2 N–H and O–H groups in total. The van der Waals surface area contributed by atoms with Gasteiger partial charge >= 0.3 is 0 Å². The van der Waals surface area contributed by atoms with Crippen molar-refractivity contribution in [1.29, 1.82) is 0 Å². The number of hydrogen-bond donors (Lipinski definition) is 2. The molecule has 3 aliphatic heterocycles. The second kappa shape index (κ2) is 18.3. The third kappa shape index (κ3) is 9.00. The maximum atomic E-state index is 13.4. The Morgan fingerprint density at radius 2 is 1.68 bits per heavy atom. The van der Waals surface area contributed by atoms with E-state index < -0.39 is 18.0 Å². The highest BCUT2D eigenvalue weighted by molar-refractivity contribution is 7.15. The highest BCUT2D eigenvalue weighted by Crippen LogP contribution is 2.43. The summed E-state index contributed by atoms with van der Waals surface area (Å²) < 4.78 is 7.69. The number of ketones is 1. The molecular weight excluding hydrogens is 912 g/mol. The van der Waals surface area contributed by atoms with Crippen LogP contribution in [-0.2, 0) is 25.7 Å². The molecule has 3 aromatic carbocycles. The molecule has 63 heavy (non-hydrogen) atoms. The van der Waals surface area contributed by atoms with Crippen LogP contribution in [0.25, 0.3) is 5.00 Å². The van der Waals surface area contributed by atoms with Gasteiger partial charge in [-0.25, -0.2) is 0 Å². The lowest BCUT2D eigenvalue weighted by atomic mass is 9.99. The topological polar surface area (TPSA) is 190 Å². The lowest BCUT2D eigenvalue weighted by molar-refractivity contribution is -0.137. The molecule has 1 fully saturated rings. The van der Waals surface area contributed by atoms with Crippen molar-refractivity contribution < 1.29 is 28.7 Å². The quantitative estimate of drug-likeness (QED) is 0.0665. The van der Waals surface area contributed by atoms with E-state index in [4.69, 9.17) is 56.1 Å². The van der Waals surface area contributed by atoms with Crippen LogP contribution in [0.5, 0.6) is 5.75 Å². The van der Waals surface area contributed by atoms with Gasteiger partial charge < -0.3 is 15.0 Å². The number of hydrogen-bond acceptors (Lipinski definition) is 12. The maximum absolute atomic E-state index is 13.4. The van der Waals surface area contributed by atoms with Crippen LogP contribution in [0.15, 0.2) is 63.8 Å². The van der Waals surface area contributed by atoms with Crippen LogP contribution < -0.4 is 15.4 Å². The van der Waals surface area contributed by atoms with Gasteiger partial charge in [0.05, 0.1) is 27.2 Å². The SMILES string of the molecule is Cc1sc2c(c1C)C(c1ccc(Cl)cc1)=NC(CC(=O)NCCCC(=O)COc1cc(Cl)c(N=Nc3c(Cl)ccc4c3CN(C3CCC(=O)NC3=O)C4=O)c(Cl)c1)c1nnc(C)n1-2. The van der Waals surface area contributed by atoms with Crippen LogP contribution in [-0.4, -0.2) is 74.0 Å². The minimum absolute atomic E-state index is 0.0136. The molecule has 0 aliphatic carbocycles. The van der Waals surface area contributed by atoms with Gasteiger partial charge in [0, 0.05) is 70.2 Å². The van der Waals surface area contributed by atoms with E-state index in [1.807, 2.05) is 35.8 Å². The smallest absolute Gasteiger partial charge is 0.255 e. The van der Waals surface area contributed by atoms with Gasteiger partial charge in [-0.3, -0.25) is 38.8 Å². The number of nitrogens with zero attached hydrogens (tertiary/aromatic N) is 7. The summed E-state index contributed by atoms with van der Waals surface area (Å²) in [4.78, 5) is 71.3. The molecule has 3 aliphatic rings. The van der Waals surface area contributed by atoms with Crippen molar-refractivity contribution in [2.45, 2.75) is 71.5 Å². The number of aromatic nitrogens is 3. The molecule has 0 saturated carbocycles. The Bertz CT molecular complexity index is 2760. The number of rotatable bonds is 13. The highest BCUT2D eigenvalue weighted by atomic mass is 35.5. The molecule has 0 radical (unpaired) electrons. The van der Waals surface area contributed by atoms with Crippen LogP contribution in [0.1, 0.15) is 87.3 Å². The van der Waals surface area contributed by atoms with Gasteiger partial charge in [-0.15, -0.1) is 31.8 Å². The lowest BCUT2D eigenvalue weighted by Crippen LogP contribution is -2.52. The van der Waals surface area contributed by atoms with E-state index in [0.717, 1.165) is 32.3 Å². The normalized spacial score (nSPS) is 17.0. The number of carbonyl (C=O) groups is 5. The first-order valence-electron chi connectivity index (χ1n) is 19.8. The first-order valence-corrected chi connectivity index (χ1v) is 22.2. The minimum atomic E-state index is -0.816. The number of fused-ring (bicyclic) bond motifs is 4. The predicted octanol–water partition coefficient (Wildman–Crippen LogP) is 8.87. The number of imide groups is 1. The number of thiophene rings is 1. The Morgan fingerprint density at radius 3 is 2.41 bits per heavy atom. The van der Waals surface area contributed by atoms with E-state index in [1.165, 1.54) is 23.1 Å². The number of aryl methyl sites for hydroxylation is 2. The number of amides is 4. The number of nitrogens with one attached hydrogen (secondary N) is 2. The fourth-order valence-corrected chi connectivity index (χ4v) is 9.75. The second-order valence-corrected chi connectivity index (χ2v) is 18.0. The number of aliphatic imine (C=N–C) groups is 1. The van der Waals surface area contributed by atoms with E-state index in [9.17, 15) is 24.0 Å². The maximum Gasteiger partial charge on any atom is 0.255 e. The second-order valence-electron chi connectivity index (χ2n) is 15.1. The number of azo groups is 1. The molecular formula is C43H37Cl4N9O6S. The fourth-order valence-electron chi connectivity index (χ4n) is 7.66. The molecule has 5 heterocycles. The third-order valence-electron chi connectivity index (χ3n) is 11.0. The summed E-state index contributed by atoms with van der Waals surface area (Å²) in [6.07, 6.45) is 0.831. The lowest BCUT2D eigenvalue weighted by Gasteiger charge is -2.29. The highest BCUT2D eigenvalue weighted by Gasteiger charge is 2.40. The monoisotopic (exact) mass is 947 g/mol. The first-order chi connectivity index (χ1) is 30.2. The molecule has 5 aromatic rings. The van der Waals surface area contributed by atoms with Crippen LogP contribution in [0, 0.1) is 20.8 Å². The summed E-state index contributed by atoms with van der Waals surface area (Å²) in [6, 6.07) is 12.0. The van der Waals surface area contributed by atoms with Gasteiger partial charge in [-0.05, 0) is 63.4 Å². The van der Waals surface area contributed by atoms with Gasteiger partial charge in [-0.1, -0.05) is 58.5 Å². The van der Waals surface area contributed by atoms with E-state index in [0.29, 0.717) is 34.2 Å². The van der Waals surface area contributed by atoms with Gasteiger partial charge in [0.25, 0.3) is 5.91 Å². The molecule has 0 spiro atoms. The zero-order valence-corrected chi connectivity index (χ0v) is 37.8. The van der Waals surface area contributed by atoms with Crippen molar-refractivity contribution >= 4 is 104 Å². The van der Waals surface area contributed by atoms with Crippen LogP contribution in [0.3, 0.4) is 0 Å². The van der Waals surface area contributed by atoms with Crippen LogP contribution in [0.2, 0.25) is 20.1 Å². The number of ether oxygens (including phenoxy) is 1. The van der Waals surface area contributed by atoms with Crippen molar-refractivity contribution in [3.63, 3.8) is 0 Å². The predicted molar refractivity (Wildman–Crippen MR) is 239 cm³/mol. The van der Waals surface area contributed by atoms with Crippen molar-refractivity contribution in [3.05, 3.63) is 113 Å². The summed E-state index contributed by atoms with van der Waals surface area (Å²) in [6.45, 7) is 6.02. The van der Waals surface area contributed by atoms with Crippen LogP contribution in [0.4, 0.5) is 11.4 Å². The Morgan fingerprint density at radius 1 is 0.952 bits per heavy atom. The molecule has 324 valence electrons. The van der Waals surface area contributed by atoms with Gasteiger partial charge in [0.1, 0.15) is 46.6 Å². The fraction of sp³-hybridized carbons (Fsp3) is 0.302. The molecule has 8 rings (SSSR count). The van der Waals surface area contributed by atoms with Crippen molar-refractivity contribution in [3.8, 4) is 10.8 Å². The van der Waals surface area contributed by atoms with Crippen molar-refractivity contribution in [2.24, 2.45) is 15.2 Å². The summed E-state index contributed by atoms with van der Waals surface area (Å²) >= 11 is 27.4. The zero-order chi connectivity index (χ0) is 44.7. The largest absolute Gasteiger partial charge is 0.486 e. The number of Topliss-reactive ketones (excluding diaryl/α,β-unsaturated/α-hetero) is 1. The number of piperidine rings is 1. The molecule has 1 saturated heterocycles. The zero-order valence-electron chi connectivity index (χ0n) is 33.9. The first kappa shape index (κ1) is 44.1. The summed E-state index contributed by atoms with van der Waals surface area (Å²) in [5.41, 5.74) is 4.75. The van der Waals surface area contributed by atoms with E-state index in [1.54, 1.807) is 17.4 Å². The molecule has 0 bridgehead atoms. The summed E-state index contributed by atoms with van der Waals surface area (Å²) in [5, 5.41) is 24.5. The van der Waals surface area contributed by atoms with Crippen molar-refractivity contribution in [2.75, 3.05) is 13.2 Å². The third-order valence-corrected chi connectivity index (χ3v) is 13.3. The van der Waals surface area contributed by atoms with Crippen molar-refractivity contribution in [1.82, 2.24) is 30.3 Å². The molecule has 2 aromatic heterocycles. The van der Waals surface area contributed by atoms with E-state index in [-0.39, 0.29) is 101 Å². The van der Waals surface area contributed by atoms with Gasteiger partial charge in [0.2, 0.25) is 17.7 Å². The molecule has 20 heteroatoms. The Hall–Kier alpha value is -5.52. The Labute approximate surface area is 384 Å². The average molecular weight is 950 g/mol.